The first-order chi connectivity index (χ1) is 8.52. The maximum absolute atomic E-state index is 11.7. The van der Waals surface area contributed by atoms with E-state index in [-0.39, 0.29) is 12.3 Å². The Morgan fingerprint density at radius 1 is 1.56 bits per heavy atom. The molecule has 1 heterocycles. The minimum absolute atomic E-state index is 0.148. The van der Waals surface area contributed by atoms with Crippen LogP contribution in [0, 0.1) is 0 Å². The maximum Gasteiger partial charge on any atom is 0.326 e. The molecule has 1 aromatic heterocycles. The van der Waals surface area contributed by atoms with Crippen molar-refractivity contribution in [2.24, 2.45) is 0 Å². The highest BCUT2D eigenvalue weighted by Gasteiger charge is 2.19. The van der Waals surface area contributed by atoms with E-state index in [0.717, 1.165) is 4.88 Å². The van der Waals surface area contributed by atoms with Crippen molar-refractivity contribution in [3.05, 3.63) is 34.0 Å². The van der Waals surface area contributed by atoms with Crippen molar-refractivity contribution < 1.29 is 14.7 Å². The van der Waals surface area contributed by atoms with Gasteiger partial charge in [0.1, 0.15) is 6.04 Å². The number of carboxylic acids is 1. The van der Waals surface area contributed by atoms with Gasteiger partial charge in [-0.2, -0.15) is 0 Å². The zero-order valence-corrected chi connectivity index (χ0v) is 11.3. The summed E-state index contributed by atoms with van der Waals surface area (Å²) < 4.78 is 0.610. The molecule has 0 aliphatic heterocycles. The Morgan fingerprint density at radius 3 is 2.78 bits per heavy atom. The second-order valence-electron chi connectivity index (χ2n) is 3.71. The van der Waals surface area contributed by atoms with E-state index in [4.69, 9.17) is 16.7 Å². The number of rotatable bonds is 7. The van der Waals surface area contributed by atoms with Crippen LogP contribution in [0.1, 0.15) is 17.7 Å². The molecule has 1 amide bonds. The molecule has 2 N–H and O–H groups in total. The molecule has 4 nitrogen and oxygen atoms in total. The van der Waals surface area contributed by atoms with Gasteiger partial charge in [-0.3, -0.25) is 4.79 Å². The molecule has 98 valence electrons. The first-order valence-electron chi connectivity index (χ1n) is 5.40. The highest BCUT2D eigenvalue weighted by molar-refractivity contribution is 7.16. The quantitative estimate of drug-likeness (QED) is 0.757. The Balaban J connectivity index is 2.50. The van der Waals surface area contributed by atoms with Gasteiger partial charge in [-0.1, -0.05) is 17.7 Å². The van der Waals surface area contributed by atoms with Crippen molar-refractivity contribution >= 4 is 34.8 Å². The SMILES string of the molecule is C=CCCC(NC(=O)Cc1ccc(Cl)s1)C(=O)O. The van der Waals surface area contributed by atoms with Gasteiger partial charge in [-0.15, -0.1) is 17.9 Å². The number of hydrogen-bond acceptors (Lipinski definition) is 3. The summed E-state index contributed by atoms with van der Waals surface area (Å²) in [5.41, 5.74) is 0. The third kappa shape index (κ3) is 4.89. The zero-order valence-electron chi connectivity index (χ0n) is 9.69. The fraction of sp³-hybridized carbons (Fsp3) is 0.333. The van der Waals surface area contributed by atoms with Crippen LogP contribution < -0.4 is 5.32 Å². The van der Waals surface area contributed by atoms with E-state index in [9.17, 15) is 9.59 Å². The van der Waals surface area contributed by atoms with E-state index < -0.39 is 12.0 Å². The van der Waals surface area contributed by atoms with Crippen molar-refractivity contribution in [3.8, 4) is 0 Å². The Morgan fingerprint density at radius 2 is 2.28 bits per heavy atom. The molecule has 0 fully saturated rings. The lowest BCUT2D eigenvalue weighted by Crippen LogP contribution is -2.41. The monoisotopic (exact) mass is 287 g/mol. The smallest absolute Gasteiger partial charge is 0.326 e. The van der Waals surface area contributed by atoms with Crippen LogP contribution in [0.3, 0.4) is 0 Å². The summed E-state index contributed by atoms with van der Waals surface area (Å²) in [5, 5.41) is 11.4. The van der Waals surface area contributed by atoms with E-state index in [1.165, 1.54) is 11.3 Å². The van der Waals surface area contributed by atoms with Crippen molar-refractivity contribution in [1.29, 1.82) is 0 Å². The molecule has 0 spiro atoms. The lowest BCUT2D eigenvalue weighted by molar-refractivity contribution is -0.141. The van der Waals surface area contributed by atoms with E-state index in [1.807, 2.05) is 0 Å². The zero-order chi connectivity index (χ0) is 13.5. The summed E-state index contributed by atoms with van der Waals surface area (Å²) in [5.74, 6) is -1.35. The number of aliphatic carboxylic acids is 1. The van der Waals surface area contributed by atoms with Gasteiger partial charge in [-0.05, 0) is 25.0 Å². The predicted octanol–water partition coefficient (Wildman–Crippen LogP) is 2.48. The molecule has 0 radical (unpaired) electrons. The van der Waals surface area contributed by atoms with Gasteiger partial charge < -0.3 is 10.4 Å². The Kier molecular flexibility index (Phi) is 5.88. The molecule has 6 heteroatoms. The molecule has 0 aromatic carbocycles. The number of carbonyl (C=O) groups is 2. The van der Waals surface area contributed by atoms with Crippen molar-refractivity contribution in [1.82, 2.24) is 5.32 Å². The molecule has 0 aliphatic rings. The molecule has 0 saturated heterocycles. The number of thiophene rings is 1. The van der Waals surface area contributed by atoms with Gasteiger partial charge >= 0.3 is 5.97 Å². The molecule has 18 heavy (non-hydrogen) atoms. The predicted molar refractivity (Wildman–Crippen MR) is 72.0 cm³/mol. The number of amides is 1. The van der Waals surface area contributed by atoms with Crippen molar-refractivity contribution in [2.75, 3.05) is 0 Å². The molecular weight excluding hydrogens is 274 g/mol. The van der Waals surface area contributed by atoms with Crippen LogP contribution >= 0.6 is 22.9 Å². The Bertz CT molecular complexity index is 444. The first-order valence-corrected chi connectivity index (χ1v) is 6.59. The summed E-state index contributed by atoms with van der Waals surface area (Å²) in [6.07, 6.45) is 2.66. The second-order valence-corrected chi connectivity index (χ2v) is 5.51. The van der Waals surface area contributed by atoms with Crippen LogP contribution in [0.4, 0.5) is 0 Å². The van der Waals surface area contributed by atoms with Crippen LogP contribution in [0.2, 0.25) is 4.34 Å². The minimum Gasteiger partial charge on any atom is -0.480 e. The van der Waals surface area contributed by atoms with Gasteiger partial charge in [0.25, 0.3) is 0 Å². The van der Waals surface area contributed by atoms with E-state index in [2.05, 4.69) is 11.9 Å². The molecule has 0 saturated carbocycles. The number of allylic oxidation sites excluding steroid dienone is 1. The highest BCUT2D eigenvalue weighted by atomic mass is 35.5. The minimum atomic E-state index is -1.03. The normalized spacial score (nSPS) is 11.8. The Labute approximate surface area is 114 Å². The molecule has 1 unspecified atom stereocenters. The van der Waals surface area contributed by atoms with Crippen LogP contribution in [-0.4, -0.2) is 23.0 Å². The molecular formula is C12H14ClNO3S. The summed E-state index contributed by atoms with van der Waals surface area (Å²) in [6.45, 7) is 3.52. The van der Waals surface area contributed by atoms with Gasteiger partial charge in [0.2, 0.25) is 5.91 Å². The van der Waals surface area contributed by atoms with Gasteiger partial charge in [0.05, 0.1) is 10.8 Å². The van der Waals surface area contributed by atoms with Crippen LogP contribution in [-0.2, 0) is 16.0 Å². The lowest BCUT2D eigenvalue weighted by Gasteiger charge is -2.13. The summed E-state index contributed by atoms with van der Waals surface area (Å²) in [4.78, 5) is 23.4. The molecule has 1 aromatic rings. The molecule has 1 rings (SSSR count). The molecule has 0 aliphatic carbocycles. The van der Waals surface area contributed by atoms with Gasteiger partial charge in [-0.25, -0.2) is 4.79 Å². The third-order valence-electron chi connectivity index (χ3n) is 2.26. The number of halogens is 1. The fourth-order valence-electron chi connectivity index (χ4n) is 1.39. The number of hydrogen-bond donors (Lipinski definition) is 2. The largest absolute Gasteiger partial charge is 0.480 e. The summed E-state index contributed by atoms with van der Waals surface area (Å²) in [7, 11) is 0. The summed E-state index contributed by atoms with van der Waals surface area (Å²) in [6, 6.07) is 2.60. The fourth-order valence-corrected chi connectivity index (χ4v) is 2.48. The van der Waals surface area contributed by atoms with E-state index >= 15 is 0 Å². The van der Waals surface area contributed by atoms with Crippen molar-refractivity contribution in [3.63, 3.8) is 0 Å². The Hall–Kier alpha value is -1.33. The number of carbonyl (C=O) groups excluding carboxylic acids is 1. The average Bonchev–Trinajstić information content (AvgIpc) is 2.69. The van der Waals surface area contributed by atoms with Gasteiger partial charge in [0, 0.05) is 4.88 Å². The van der Waals surface area contributed by atoms with Gasteiger partial charge in [0.15, 0.2) is 0 Å². The van der Waals surface area contributed by atoms with Crippen LogP contribution in [0.5, 0.6) is 0 Å². The topological polar surface area (TPSA) is 66.4 Å². The highest BCUT2D eigenvalue weighted by Crippen LogP contribution is 2.21. The second kappa shape index (κ2) is 7.18. The molecule has 0 bridgehead atoms. The molecule has 1 atom stereocenters. The number of carboxylic acid groups (broad SMARTS) is 1. The van der Waals surface area contributed by atoms with E-state index in [1.54, 1.807) is 18.2 Å². The third-order valence-corrected chi connectivity index (χ3v) is 3.49. The van der Waals surface area contributed by atoms with Crippen LogP contribution in [0.25, 0.3) is 0 Å². The van der Waals surface area contributed by atoms with Crippen LogP contribution in [0.15, 0.2) is 24.8 Å². The van der Waals surface area contributed by atoms with E-state index in [0.29, 0.717) is 17.2 Å². The lowest BCUT2D eigenvalue weighted by atomic mass is 10.1. The average molecular weight is 288 g/mol. The summed E-state index contributed by atoms with van der Waals surface area (Å²) >= 11 is 7.06. The number of nitrogens with one attached hydrogen (secondary N) is 1. The first kappa shape index (κ1) is 14.7. The maximum atomic E-state index is 11.7. The van der Waals surface area contributed by atoms with Crippen molar-refractivity contribution in [2.45, 2.75) is 25.3 Å². The standard InChI is InChI=1S/C12H14ClNO3S/c1-2-3-4-9(12(16)17)14-11(15)7-8-5-6-10(13)18-8/h2,5-6,9H,1,3-4,7H2,(H,14,15)(H,16,17).